The van der Waals surface area contributed by atoms with Gasteiger partial charge in [-0.3, -0.25) is 4.79 Å². The maximum absolute atomic E-state index is 12.8. The Hall–Kier alpha value is -3.13. The number of hydrogen-bond donors (Lipinski definition) is 1. The van der Waals surface area contributed by atoms with Gasteiger partial charge in [-0.15, -0.1) is 0 Å². The van der Waals surface area contributed by atoms with E-state index in [2.05, 4.69) is 10.2 Å². The van der Waals surface area contributed by atoms with Crippen LogP contribution in [0.2, 0.25) is 5.02 Å². The fourth-order valence-corrected chi connectivity index (χ4v) is 4.34. The summed E-state index contributed by atoms with van der Waals surface area (Å²) in [5, 5.41) is 3.72. The molecule has 0 unspecified atom stereocenters. The average molecular weight is 459 g/mol. The molecule has 1 N–H and O–H groups in total. The summed E-state index contributed by atoms with van der Waals surface area (Å²) in [6.45, 7) is 3.10. The zero-order chi connectivity index (χ0) is 22.7. The third kappa shape index (κ3) is 4.70. The molecule has 1 atom stereocenters. The summed E-state index contributed by atoms with van der Waals surface area (Å²) in [5.41, 5.74) is 1.78. The molecule has 0 bridgehead atoms. The van der Waals surface area contributed by atoms with Gasteiger partial charge in [0.2, 0.25) is 5.91 Å². The van der Waals surface area contributed by atoms with Crippen LogP contribution in [0.5, 0.6) is 11.5 Å². The molecule has 0 aliphatic carbocycles. The van der Waals surface area contributed by atoms with Crippen LogP contribution in [0.1, 0.15) is 6.42 Å². The number of amides is 3. The lowest BCUT2D eigenvalue weighted by molar-refractivity contribution is -0.117. The van der Waals surface area contributed by atoms with Gasteiger partial charge < -0.3 is 29.5 Å². The lowest BCUT2D eigenvalue weighted by Crippen LogP contribution is -2.53. The van der Waals surface area contributed by atoms with E-state index in [9.17, 15) is 9.59 Å². The second kappa shape index (κ2) is 9.56. The van der Waals surface area contributed by atoms with Gasteiger partial charge in [0.25, 0.3) is 0 Å². The Morgan fingerprint density at radius 2 is 1.75 bits per heavy atom. The molecule has 2 aromatic carbocycles. The molecule has 32 heavy (non-hydrogen) atoms. The largest absolute Gasteiger partial charge is 0.493 e. The molecular weight excluding hydrogens is 432 g/mol. The quantitative estimate of drug-likeness (QED) is 0.745. The molecule has 2 heterocycles. The van der Waals surface area contributed by atoms with Crippen LogP contribution in [-0.4, -0.2) is 69.8 Å². The van der Waals surface area contributed by atoms with Gasteiger partial charge in [-0.05, 0) is 30.3 Å². The van der Waals surface area contributed by atoms with Crippen molar-refractivity contribution in [2.24, 2.45) is 0 Å². The number of nitrogens with one attached hydrogen (secondary N) is 1. The van der Waals surface area contributed by atoms with E-state index in [1.54, 1.807) is 36.2 Å². The second-order valence-electron chi connectivity index (χ2n) is 7.85. The molecule has 4 rings (SSSR count). The SMILES string of the molecule is COc1ccc(N2C[C@@H](NC(=O)N3CCN(c4cccc(Cl)c4)CC3)CC2=O)cc1OC. The van der Waals surface area contributed by atoms with E-state index in [0.29, 0.717) is 36.2 Å². The fourth-order valence-electron chi connectivity index (χ4n) is 4.15. The van der Waals surface area contributed by atoms with Crippen molar-refractivity contribution >= 4 is 34.9 Å². The van der Waals surface area contributed by atoms with E-state index in [1.807, 2.05) is 30.3 Å². The van der Waals surface area contributed by atoms with Crippen molar-refractivity contribution in [2.75, 3.05) is 56.7 Å². The molecule has 2 saturated heterocycles. The number of hydrogen-bond acceptors (Lipinski definition) is 5. The molecule has 0 spiro atoms. The first-order valence-corrected chi connectivity index (χ1v) is 10.9. The van der Waals surface area contributed by atoms with Crippen LogP contribution in [0.3, 0.4) is 0 Å². The molecule has 2 aliphatic rings. The van der Waals surface area contributed by atoms with Crippen LogP contribution in [0.15, 0.2) is 42.5 Å². The summed E-state index contributed by atoms with van der Waals surface area (Å²) in [6.07, 6.45) is 0.266. The molecule has 2 aliphatic heterocycles. The predicted octanol–water partition coefficient (Wildman–Crippen LogP) is 2.99. The van der Waals surface area contributed by atoms with Crippen LogP contribution in [0, 0.1) is 0 Å². The Morgan fingerprint density at radius 1 is 1.00 bits per heavy atom. The monoisotopic (exact) mass is 458 g/mol. The average Bonchev–Trinajstić information content (AvgIpc) is 3.18. The lowest BCUT2D eigenvalue weighted by atomic mass is 10.2. The van der Waals surface area contributed by atoms with Crippen LogP contribution in [0.4, 0.5) is 16.2 Å². The van der Waals surface area contributed by atoms with Crippen molar-refractivity contribution in [3.63, 3.8) is 0 Å². The van der Waals surface area contributed by atoms with E-state index >= 15 is 0 Å². The summed E-state index contributed by atoms with van der Waals surface area (Å²) in [4.78, 5) is 31.1. The Balaban J connectivity index is 1.32. The molecule has 3 amide bonds. The highest BCUT2D eigenvalue weighted by Crippen LogP contribution is 2.33. The topological polar surface area (TPSA) is 74.4 Å². The van der Waals surface area contributed by atoms with Crippen molar-refractivity contribution in [2.45, 2.75) is 12.5 Å². The number of piperazine rings is 1. The predicted molar refractivity (Wildman–Crippen MR) is 124 cm³/mol. The first kappa shape index (κ1) is 22.1. The first-order chi connectivity index (χ1) is 15.5. The molecule has 0 saturated carbocycles. The number of carbonyl (C=O) groups is 2. The number of methoxy groups -OCH3 is 2. The van der Waals surface area contributed by atoms with Crippen molar-refractivity contribution < 1.29 is 19.1 Å². The standard InChI is InChI=1S/C23H27ClN4O4/c1-31-20-7-6-19(14-21(20)32-2)28-15-17(13-22(28)29)25-23(30)27-10-8-26(9-11-27)18-5-3-4-16(24)12-18/h3-7,12,14,17H,8-11,13,15H2,1-2H3,(H,25,30)/t17-/m0/s1. The number of ether oxygens (including phenoxy) is 2. The minimum absolute atomic E-state index is 0.0340. The lowest BCUT2D eigenvalue weighted by Gasteiger charge is -2.36. The molecule has 2 fully saturated rings. The molecule has 9 heteroatoms. The summed E-state index contributed by atoms with van der Waals surface area (Å²) in [7, 11) is 3.13. The van der Waals surface area contributed by atoms with E-state index < -0.39 is 0 Å². The fraction of sp³-hybridized carbons (Fsp3) is 0.391. The number of urea groups is 1. The van der Waals surface area contributed by atoms with Crippen molar-refractivity contribution in [1.82, 2.24) is 10.2 Å². The number of carbonyl (C=O) groups excluding carboxylic acids is 2. The minimum Gasteiger partial charge on any atom is -0.493 e. The number of halogens is 1. The highest BCUT2D eigenvalue weighted by atomic mass is 35.5. The number of nitrogens with zero attached hydrogens (tertiary/aromatic N) is 3. The minimum atomic E-state index is -0.242. The van der Waals surface area contributed by atoms with Crippen LogP contribution >= 0.6 is 11.6 Å². The molecule has 0 radical (unpaired) electrons. The molecule has 8 nitrogen and oxygen atoms in total. The zero-order valence-electron chi connectivity index (χ0n) is 18.2. The Kier molecular flexibility index (Phi) is 6.60. The first-order valence-electron chi connectivity index (χ1n) is 10.6. The van der Waals surface area contributed by atoms with Gasteiger partial charge in [-0.1, -0.05) is 17.7 Å². The van der Waals surface area contributed by atoms with Gasteiger partial charge in [0, 0.05) is 61.6 Å². The van der Waals surface area contributed by atoms with Gasteiger partial charge in [0.05, 0.1) is 20.3 Å². The summed E-state index contributed by atoms with van der Waals surface area (Å²) < 4.78 is 10.6. The van der Waals surface area contributed by atoms with Gasteiger partial charge in [-0.2, -0.15) is 0 Å². The van der Waals surface area contributed by atoms with Gasteiger partial charge >= 0.3 is 6.03 Å². The Bertz CT molecular complexity index is 994. The maximum Gasteiger partial charge on any atom is 0.317 e. The number of anilines is 2. The van der Waals surface area contributed by atoms with Crippen LogP contribution in [0.25, 0.3) is 0 Å². The number of benzene rings is 2. The normalized spacial score (nSPS) is 18.7. The third-order valence-electron chi connectivity index (χ3n) is 5.87. The maximum atomic E-state index is 12.8. The van der Waals surface area contributed by atoms with Crippen molar-refractivity contribution in [3.05, 3.63) is 47.5 Å². The zero-order valence-corrected chi connectivity index (χ0v) is 19.0. The highest BCUT2D eigenvalue weighted by Gasteiger charge is 2.33. The van der Waals surface area contributed by atoms with E-state index in [1.165, 1.54) is 0 Å². The second-order valence-corrected chi connectivity index (χ2v) is 8.28. The van der Waals surface area contributed by atoms with Crippen molar-refractivity contribution in [1.29, 1.82) is 0 Å². The van der Waals surface area contributed by atoms with E-state index in [0.717, 1.165) is 24.5 Å². The highest BCUT2D eigenvalue weighted by molar-refractivity contribution is 6.30. The van der Waals surface area contributed by atoms with E-state index in [4.69, 9.17) is 21.1 Å². The van der Waals surface area contributed by atoms with Crippen molar-refractivity contribution in [3.8, 4) is 11.5 Å². The Labute approximate surface area is 192 Å². The summed E-state index contributed by atoms with van der Waals surface area (Å²) in [5.74, 6) is 1.13. The van der Waals surface area contributed by atoms with E-state index in [-0.39, 0.29) is 24.4 Å². The van der Waals surface area contributed by atoms with Crippen LogP contribution < -0.4 is 24.6 Å². The number of rotatable bonds is 5. The summed E-state index contributed by atoms with van der Waals surface area (Å²) in [6, 6.07) is 12.7. The molecular formula is C23H27ClN4O4. The van der Waals surface area contributed by atoms with Gasteiger partial charge in [-0.25, -0.2) is 4.79 Å². The summed E-state index contributed by atoms with van der Waals surface area (Å²) >= 11 is 6.09. The smallest absolute Gasteiger partial charge is 0.317 e. The Morgan fingerprint density at radius 3 is 2.44 bits per heavy atom. The van der Waals surface area contributed by atoms with Crippen LogP contribution in [-0.2, 0) is 4.79 Å². The van der Waals surface area contributed by atoms with Gasteiger partial charge in [0.1, 0.15) is 0 Å². The van der Waals surface area contributed by atoms with Gasteiger partial charge in [0.15, 0.2) is 11.5 Å². The third-order valence-corrected chi connectivity index (χ3v) is 6.11. The molecule has 2 aromatic rings. The molecule has 0 aromatic heterocycles. The molecule has 170 valence electrons.